The number of anilines is 1. The molecule has 2 heterocycles. The fraction of sp³-hybridized carbons (Fsp3) is 0.294. The lowest BCUT2D eigenvalue weighted by Crippen LogP contribution is -2.14. The molecule has 0 saturated heterocycles. The van der Waals surface area contributed by atoms with Crippen LogP contribution >= 0.6 is 23.1 Å². The molecule has 0 aliphatic carbocycles. The van der Waals surface area contributed by atoms with Crippen LogP contribution in [-0.2, 0) is 4.79 Å². The standard InChI is InChI=1S/C17H19N5OS2/c1-11(2)22-15(13-6-4-5-12(3)9-13)20-21-17(22)25-10-14(23)19-16-18-7-8-24-16/h4-9,11H,10H2,1-3H3,(H,18,19,23). The number of amides is 1. The summed E-state index contributed by atoms with van der Waals surface area (Å²) in [6, 6.07) is 8.37. The zero-order chi connectivity index (χ0) is 17.8. The Morgan fingerprint density at radius 3 is 2.88 bits per heavy atom. The third kappa shape index (κ3) is 4.26. The van der Waals surface area contributed by atoms with Gasteiger partial charge < -0.3 is 5.32 Å². The number of thiazole rings is 1. The summed E-state index contributed by atoms with van der Waals surface area (Å²) in [5.74, 6) is 0.981. The maximum absolute atomic E-state index is 12.1. The van der Waals surface area contributed by atoms with Crippen molar-refractivity contribution in [3.8, 4) is 11.4 Å². The Morgan fingerprint density at radius 1 is 1.36 bits per heavy atom. The molecule has 3 rings (SSSR count). The molecule has 0 unspecified atom stereocenters. The van der Waals surface area contributed by atoms with E-state index in [4.69, 9.17) is 0 Å². The van der Waals surface area contributed by atoms with E-state index in [0.29, 0.717) is 5.13 Å². The zero-order valence-corrected chi connectivity index (χ0v) is 15.9. The van der Waals surface area contributed by atoms with Crippen molar-refractivity contribution in [1.29, 1.82) is 0 Å². The first-order valence-electron chi connectivity index (χ1n) is 7.88. The quantitative estimate of drug-likeness (QED) is 0.661. The van der Waals surface area contributed by atoms with Crippen molar-refractivity contribution in [2.24, 2.45) is 0 Å². The van der Waals surface area contributed by atoms with Crippen LogP contribution in [0.3, 0.4) is 0 Å². The Bertz CT molecular complexity index is 858. The average Bonchev–Trinajstić information content (AvgIpc) is 3.22. The number of hydrogen-bond acceptors (Lipinski definition) is 6. The van der Waals surface area contributed by atoms with Crippen molar-refractivity contribution in [3.63, 3.8) is 0 Å². The summed E-state index contributed by atoms with van der Waals surface area (Å²) in [7, 11) is 0. The number of carbonyl (C=O) groups is 1. The summed E-state index contributed by atoms with van der Waals surface area (Å²) in [6.07, 6.45) is 1.66. The Morgan fingerprint density at radius 2 is 2.20 bits per heavy atom. The minimum atomic E-state index is -0.102. The van der Waals surface area contributed by atoms with E-state index < -0.39 is 0 Å². The van der Waals surface area contributed by atoms with Gasteiger partial charge in [-0.25, -0.2) is 4.98 Å². The van der Waals surface area contributed by atoms with Crippen LogP contribution < -0.4 is 5.32 Å². The highest BCUT2D eigenvalue weighted by Crippen LogP contribution is 2.28. The second kappa shape index (κ2) is 7.79. The second-order valence-electron chi connectivity index (χ2n) is 5.81. The average molecular weight is 374 g/mol. The minimum absolute atomic E-state index is 0.102. The molecule has 0 fully saturated rings. The Hall–Kier alpha value is -2.19. The van der Waals surface area contributed by atoms with Crippen LogP contribution in [0.15, 0.2) is 41.0 Å². The van der Waals surface area contributed by atoms with Crippen molar-refractivity contribution >= 4 is 34.1 Å². The van der Waals surface area contributed by atoms with Gasteiger partial charge in [0.15, 0.2) is 16.1 Å². The molecule has 1 N–H and O–H groups in total. The molecule has 8 heteroatoms. The van der Waals surface area contributed by atoms with Gasteiger partial charge >= 0.3 is 0 Å². The second-order valence-corrected chi connectivity index (χ2v) is 7.65. The van der Waals surface area contributed by atoms with Crippen molar-refractivity contribution < 1.29 is 4.79 Å². The zero-order valence-electron chi connectivity index (χ0n) is 14.3. The number of aromatic nitrogens is 4. The smallest absolute Gasteiger partial charge is 0.236 e. The van der Waals surface area contributed by atoms with Gasteiger partial charge in [-0.2, -0.15) is 0 Å². The summed E-state index contributed by atoms with van der Waals surface area (Å²) in [6.45, 7) is 6.23. The van der Waals surface area contributed by atoms with Crippen molar-refractivity contribution in [1.82, 2.24) is 19.7 Å². The fourth-order valence-corrected chi connectivity index (χ4v) is 3.80. The molecular formula is C17H19N5OS2. The summed E-state index contributed by atoms with van der Waals surface area (Å²) in [5, 5.41) is 14.6. The maximum Gasteiger partial charge on any atom is 0.236 e. The largest absolute Gasteiger partial charge is 0.301 e. The third-order valence-electron chi connectivity index (χ3n) is 3.47. The number of nitrogens with one attached hydrogen (secondary N) is 1. The Kier molecular flexibility index (Phi) is 5.50. The molecule has 130 valence electrons. The van der Waals surface area contributed by atoms with E-state index in [1.54, 1.807) is 6.20 Å². The number of nitrogens with zero attached hydrogens (tertiary/aromatic N) is 4. The molecule has 0 radical (unpaired) electrons. The predicted molar refractivity (Wildman–Crippen MR) is 102 cm³/mol. The van der Waals surface area contributed by atoms with Crippen LogP contribution in [0.1, 0.15) is 25.5 Å². The summed E-state index contributed by atoms with van der Waals surface area (Å²) < 4.78 is 2.07. The highest BCUT2D eigenvalue weighted by molar-refractivity contribution is 7.99. The van der Waals surface area contributed by atoms with E-state index in [1.807, 2.05) is 17.5 Å². The number of aryl methyl sites for hydroxylation is 1. The number of hydrogen-bond donors (Lipinski definition) is 1. The SMILES string of the molecule is Cc1cccc(-c2nnc(SCC(=O)Nc3nccs3)n2C(C)C)c1. The van der Waals surface area contributed by atoms with Crippen molar-refractivity contribution in [3.05, 3.63) is 41.4 Å². The van der Waals surface area contributed by atoms with Crippen molar-refractivity contribution in [2.45, 2.75) is 32.0 Å². The maximum atomic E-state index is 12.1. The lowest BCUT2D eigenvalue weighted by atomic mass is 10.1. The first kappa shape index (κ1) is 17.6. The first-order chi connectivity index (χ1) is 12.0. The molecule has 0 spiro atoms. The van der Waals surface area contributed by atoms with Crippen LogP contribution in [0.2, 0.25) is 0 Å². The van der Waals surface area contributed by atoms with E-state index in [1.165, 1.54) is 28.7 Å². The molecule has 0 aliphatic rings. The molecule has 6 nitrogen and oxygen atoms in total. The molecule has 1 amide bonds. The van der Waals surface area contributed by atoms with Crippen molar-refractivity contribution in [2.75, 3.05) is 11.1 Å². The number of thioether (sulfide) groups is 1. The van der Waals surface area contributed by atoms with Crippen LogP contribution in [-0.4, -0.2) is 31.4 Å². The van der Waals surface area contributed by atoms with Gasteiger partial charge in [0.2, 0.25) is 5.91 Å². The van der Waals surface area contributed by atoms with Gasteiger partial charge in [0.1, 0.15) is 0 Å². The highest BCUT2D eigenvalue weighted by atomic mass is 32.2. The van der Waals surface area contributed by atoms with Gasteiger partial charge in [-0.05, 0) is 26.8 Å². The first-order valence-corrected chi connectivity index (χ1v) is 9.75. The van der Waals surface area contributed by atoms with E-state index >= 15 is 0 Å². The van der Waals surface area contributed by atoms with Gasteiger partial charge in [0.05, 0.1) is 5.75 Å². The minimum Gasteiger partial charge on any atom is -0.301 e. The predicted octanol–water partition coefficient (Wildman–Crippen LogP) is 4.02. The van der Waals surface area contributed by atoms with Crippen LogP contribution in [0.4, 0.5) is 5.13 Å². The monoisotopic (exact) mass is 373 g/mol. The lowest BCUT2D eigenvalue weighted by Gasteiger charge is -2.14. The summed E-state index contributed by atoms with van der Waals surface area (Å²) >= 11 is 2.78. The third-order valence-corrected chi connectivity index (χ3v) is 5.10. The summed E-state index contributed by atoms with van der Waals surface area (Å²) in [5.41, 5.74) is 2.20. The van der Waals surface area contributed by atoms with Crippen LogP contribution in [0.25, 0.3) is 11.4 Å². The topological polar surface area (TPSA) is 72.7 Å². The molecule has 0 saturated carbocycles. The number of carbonyl (C=O) groups excluding carboxylic acids is 1. The van der Waals surface area contributed by atoms with Gasteiger partial charge in [-0.3, -0.25) is 9.36 Å². The molecule has 0 atom stereocenters. The van der Waals surface area contributed by atoms with Gasteiger partial charge in [0.25, 0.3) is 0 Å². The Balaban J connectivity index is 1.76. The van der Waals surface area contributed by atoms with E-state index in [-0.39, 0.29) is 17.7 Å². The fourth-order valence-electron chi connectivity index (χ4n) is 2.39. The number of benzene rings is 1. The van der Waals surface area contributed by atoms with Crippen LogP contribution in [0, 0.1) is 6.92 Å². The van der Waals surface area contributed by atoms with Gasteiger partial charge in [-0.1, -0.05) is 35.5 Å². The molecule has 3 aromatic rings. The lowest BCUT2D eigenvalue weighted by molar-refractivity contribution is -0.113. The molecule has 25 heavy (non-hydrogen) atoms. The molecule has 1 aromatic carbocycles. The molecular weight excluding hydrogens is 354 g/mol. The molecule has 0 aliphatic heterocycles. The Labute approximate surface area is 154 Å². The number of rotatable bonds is 6. The molecule has 0 bridgehead atoms. The van der Waals surface area contributed by atoms with Gasteiger partial charge in [0, 0.05) is 23.2 Å². The van der Waals surface area contributed by atoms with Gasteiger partial charge in [-0.15, -0.1) is 21.5 Å². The normalized spacial score (nSPS) is 11.0. The highest BCUT2D eigenvalue weighted by Gasteiger charge is 2.18. The molecule has 2 aromatic heterocycles. The summed E-state index contributed by atoms with van der Waals surface area (Å²) in [4.78, 5) is 16.1. The van der Waals surface area contributed by atoms with E-state index in [9.17, 15) is 4.79 Å². The van der Waals surface area contributed by atoms with E-state index in [2.05, 4.69) is 58.0 Å². The van der Waals surface area contributed by atoms with Crippen LogP contribution in [0.5, 0.6) is 0 Å². The van der Waals surface area contributed by atoms with E-state index in [0.717, 1.165) is 16.5 Å².